The van der Waals surface area contributed by atoms with E-state index in [0.717, 1.165) is 39.9 Å². The molecule has 4 rings (SSSR count). The molecule has 0 atom stereocenters. The molecule has 0 unspecified atom stereocenters. The summed E-state index contributed by atoms with van der Waals surface area (Å²) >= 11 is 0. The van der Waals surface area contributed by atoms with Crippen LogP contribution in [0.3, 0.4) is 0 Å². The second kappa shape index (κ2) is 14.4. The number of hydrogen-bond donors (Lipinski definition) is 1. The number of aldehydes is 1. The number of ether oxygens (including phenoxy) is 1. The Labute approximate surface area is 241 Å². The van der Waals surface area contributed by atoms with Crippen molar-refractivity contribution >= 4 is 12.3 Å². The van der Waals surface area contributed by atoms with Gasteiger partial charge in [0.2, 0.25) is 0 Å². The summed E-state index contributed by atoms with van der Waals surface area (Å²) in [6, 6.07) is 26.4. The van der Waals surface area contributed by atoms with Crippen LogP contribution in [0.5, 0.6) is 5.75 Å². The van der Waals surface area contributed by atoms with Gasteiger partial charge in [-0.25, -0.2) is 0 Å². The van der Waals surface area contributed by atoms with Crippen LogP contribution >= 0.6 is 0 Å². The predicted molar refractivity (Wildman–Crippen MR) is 158 cm³/mol. The van der Waals surface area contributed by atoms with Gasteiger partial charge < -0.3 is 14.6 Å². The molecule has 0 aliphatic heterocycles. The Bertz CT molecular complexity index is 1430. The zero-order chi connectivity index (χ0) is 29.2. The molecule has 1 N–H and O–H groups in total. The maximum absolute atomic E-state index is 11.2. The van der Waals surface area contributed by atoms with Gasteiger partial charge in [0.25, 0.3) is 0 Å². The highest BCUT2D eigenvalue weighted by Gasteiger charge is 2.14. The largest absolute Gasteiger partial charge is 0.492 e. The van der Waals surface area contributed by atoms with Crippen molar-refractivity contribution < 1.29 is 24.3 Å². The van der Waals surface area contributed by atoms with Crippen molar-refractivity contribution in [1.29, 1.82) is 0 Å². The Morgan fingerprint density at radius 1 is 0.976 bits per heavy atom. The number of carbonyl (C=O) groups is 2. The molecule has 0 aliphatic rings. The van der Waals surface area contributed by atoms with Crippen LogP contribution in [0.1, 0.15) is 37.1 Å². The number of rotatable bonds is 15. The van der Waals surface area contributed by atoms with E-state index in [1.165, 1.54) is 5.56 Å². The molecular formula is C33H37N3O5. The Hall–Kier alpha value is -4.27. The second-order valence-corrected chi connectivity index (χ2v) is 10.2. The number of aliphatic carboxylic acids is 1. The van der Waals surface area contributed by atoms with Crippen molar-refractivity contribution in [3.8, 4) is 28.1 Å². The lowest BCUT2D eigenvalue weighted by Crippen LogP contribution is -2.29. The van der Waals surface area contributed by atoms with Crippen molar-refractivity contribution in [2.24, 2.45) is 0 Å². The molecule has 0 amide bonds. The van der Waals surface area contributed by atoms with E-state index in [1.54, 1.807) is 5.06 Å². The van der Waals surface area contributed by atoms with Crippen molar-refractivity contribution in [3.05, 3.63) is 95.7 Å². The van der Waals surface area contributed by atoms with Gasteiger partial charge in [0.1, 0.15) is 18.6 Å². The zero-order valence-electron chi connectivity index (χ0n) is 23.8. The Balaban J connectivity index is 1.42. The van der Waals surface area contributed by atoms with E-state index in [4.69, 9.17) is 14.7 Å². The van der Waals surface area contributed by atoms with Crippen LogP contribution in [-0.4, -0.2) is 51.5 Å². The van der Waals surface area contributed by atoms with E-state index < -0.39 is 5.97 Å². The number of carboxylic acid groups (broad SMARTS) is 1. The lowest BCUT2D eigenvalue weighted by molar-refractivity contribution is -0.192. The molecule has 4 aromatic rings. The maximum Gasteiger partial charge on any atom is 0.303 e. The fraction of sp³-hybridized carbons (Fsp3) is 0.303. The number of nitrogens with zero attached hydrogens (tertiary/aromatic N) is 3. The van der Waals surface area contributed by atoms with Gasteiger partial charge in [-0.15, -0.1) is 0 Å². The zero-order valence-corrected chi connectivity index (χ0v) is 23.8. The number of carbonyl (C=O) groups excluding carboxylic acids is 1. The molecule has 1 heterocycles. The third kappa shape index (κ3) is 8.61. The lowest BCUT2D eigenvalue weighted by Gasteiger charge is -2.23. The summed E-state index contributed by atoms with van der Waals surface area (Å²) in [7, 11) is 0. The van der Waals surface area contributed by atoms with Crippen LogP contribution in [0.15, 0.2) is 78.9 Å². The van der Waals surface area contributed by atoms with Crippen molar-refractivity contribution in [1.82, 2.24) is 14.8 Å². The van der Waals surface area contributed by atoms with E-state index >= 15 is 0 Å². The third-order valence-corrected chi connectivity index (χ3v) is 6.61. The summed E-state index contributed by atoms with van der Waals surface area (Å²) < 4.78 is 8.02. The van der Waals surface area contributed by atoms with E-state index in [-0.39, 0.29) is 19.1 Å². The Morgan fingerprint density at radius 2 is 1.68 bits per heavy atom. The second-order valence-electron chi connectivity index (χ2n) is 10.2. The number of benzene rings is 3. The van der Waals surface area contributed by atoms with Crippen molar-refractivity contribution in [3.63, 3.8) is 0 Å². The molecule has 0 radical (unpaired) electrons. The molecule has 8 nitrogen and oxygen atoms in total. The van der Waals surface area contributed by atoms with Crippen LogP contribution in [0, 0.1) is 6.92 Å². The van der Waals surface area contributed by atoms with Crippen LogP contribution in [-0.2, 0) is 33.9 Å². The first-order chi connectivity index (χ1) is 19.8. The summed E-state index contributed by atoms with van der Waals surface area (Å²) in [6.45, 7) is 7.24. The number of carboxylic acids is 1. The smallest absolute Gasteiger partial charge is 0.303 e. The van der Waals surface area contributed by atoms with Gasteiger partial charge in [-0.3, -0.25) is 14.3 Å². The highest BCUT2D eigenvalue weighted by atomic mass is 16.7. The number of aromatic nitrogens is 2. The number of hydroxylamine groups is 2. The van der Waals surface area contributed by atoms with Gasteiger partial charge in [0, 0.05) is 24.2 Å². The monoisotopic (exact) mass is 555 g/mol. The van der Waals surface area contributed by atoms with Gasteiger partial charge in [-0.1, -0.05) is 60.7 Å². The summed E-state index contributed by atoms with van der Waals surface area (Å²) in [4.78, 5) is 28.1. The van der Waals surface area contributed by atoms with E-state index in [2.05, 4.69) is 42.5 Å². The number of aryl methyl sites for hydroxylation is 2. The first-order valence-corrected chi connectivity index (χ1v) is 13.8. The average molecular weight is 556 g/mol. The predicted octanol–water partition coefficient (Wildman–Crippen LogP) is 5.96. The molecule has 0 saturated carbocycles. The standard InChI is InChI=1S/C33H37N3O5/c1-24(2)41-35(17-19-37)23-30-22-31(15-13-28(30)14-16-33(38)39)40-20-18-36-25(3)21-32(34-36)29-11-9-27(10-12-29)26-7-5-4-6-8-26/h4-13,15,19,21-22,24H,14,16-18,20,23H2,1-3H3,(H,38,39). The first-order valence-electron chi connectivity index (χ1n) is 13.8. The molecule has 0 aliphatic carbocycles. The molecule has 3 aromatic carbocycles. The average Bonchev–Trinajstić information content (AvgIpc) is 3.33. The minimum Gasteiger partial charge on any atom is -0.492 e. The van der Waals surface area contributed by atoms with Crippen LogP contribution in [0.4, 0.5) is 0 Å². The van der Waals surface area contributed by atoms with Gasteiger partial charge in [0.05, 0.1) is 24.9 Å². The molecule has 0 bridgehead atoms. The molecule has 214 valence electrons. The third-order valence-electron chi connectivity index (χ3n) is 6.61. The fourth-order valence-corrected chi connectivity index (χ4v) is 4.63. The maximum atomic E-state index is 11.2. The quantitative estimate of drug-likeness (QED) is 0.143. The molecule has 0 fully saturated rings. The van der Waals surface area contributed by atoms with E-state index in [1.807, 2.05) is 61.9 Å². The molecule has 0 spiro atoms. The first kappa shape index (κ1) is 29.7. The fourth-order valence-electron chi connectivity index (χ4n) is 4.63. The highest BCUT2D eigenvalue weighted by Crippen LogP contribution is 2.25. The Kier molecular flexibility index (Phi) is 10.4. The van der Waals surface area contributed by atoms with Gasteiger partial charge in [-0.05, 0) is 67.6 Å². The SMILES string of the molecule is Cc1cc(-c2ccc(-c3ccccc3)cc2)nn1CCOc1ccc(CCC(=O)O)c(CN(CC=O)OC(C)C)c1. The Morgan fingerprint density at radius 3 is 2.37 bits per heavy atom. The summed E-state index contributed by atoms with van der Waals surface area (Å²) in [5.74, 6) is -0.197. The molecular weight excluding hydrogens is 518 g/mol. The van der Waals surface area contributed by atoms with Gasteiger partial charge in [-0.2, -0.15) is 10.2 Å². The molecule has 8 heteroatoms. The van der Waals surface area contributed by atoms with Crippen LogP contribution in [0.2, 0.25) is 0 Å². The summed E-state index contributed by atoms with van der Waals surface area (Å²) in [6.07, 6.45) is 1.09. The lowest BCUT2D eigenvalue weighted by atomic mass is 10.0. The van der Waals surface area contributed by atoms with Crippen molar-refractivity contribution in [2.75, 3.05) is 13.2 Å². The molecule has 41 heavy (non-hydrogen) atoms. The molecule has 0 saturated heterocycles. The topological polar surface area (TPSA) is 93.9 Å². The van der Waals surface area contributed by atoms with Gasteiger partial charge in [0.15, 0.2) is 0 Å². The van der Waals surface area contributed by atoms with Gasteiger partial charge >= 0.3 is 5.97 Å². The van der Waals surface area contributed by atoms with E-state index in [0.29, 0.717) is 31.9 Å². The summed E-state index contributed by atoms with van der Waals surface area (Å²) in [5, 5.41) is 15.6. The minimum absolute atomic E-state index is 0.0157. The number of hydrogen-bond acceptors (Lipinski definition) is 6. The molecule has 1 aromatic heterocycles. The van der Waals surface area contributed by atoms with Crippen LogP contribution < -0.4 is 4.74 Å². The highest BCUT2D eigenvalue weighted by molar-refractivity contribution is 5.69. The van der Waals surface area contributed by atoms with E-state index in [9.17, 15) is 14.7 Å². The minimum atomic E-state index is -0.861. The van der Waals surface area contributed by atoms with Crippen LogP contribution in [0.25, 0.3) is 22.4 Å². The normalized spacial score (nSPS) is 11.2. The van der Waals surface area contributed by atoms with Crippen molar-refractivity contribution in [2.45, 2.75) is 52.8 Å². The summed E-state index contributed by atoms with van der Waals surface area (Å²) in [5.41, 5.74) is 7.09.